The lowest BCUT2D eigenvalue weighted by atomic mass is 10.1. The number of hydrogen-bond donors (Lipinski definition) is 0. The van der Waals surface area contributed by atoms with E-state index in [1.54, 1.807) is 17.1 Å². The van der Waals surface area contributed by atoms with E-state index in [-0.39, 0.29) is 11.8 Å². The Morgan fingerprint density at radius 3 is 2.58 bits per heavy atom. The number of rotatable bonds is 3. The first kappa shape index (κ1) is 16.7. The van der Waals surface area contributed by atoms with Gasteiger partial charge in [-0.25, -0.2) is 4.90 Å². The summed E-state index contributed by atoms with van der Waals surface area (Å²) in [6.45, 7) is 4.31. The summed E-state index contributed by atoms with van der Waals surface area (Å²) in [4.78, 5) is 27.0. The molecule has 2 heterocycles. The van der Waals surface area contributed by atoms with Crippen LogP contribution in [0.3, 0.4) is 0 Å². The van der Waals surface area contributed by atoms with Gasteiger partial charge in [0, 0.05) is 5.02 Å². The summed E-state index contributed by atoms with van der Waals surface area (Å²) in [7, 11) is 0. The number of amides is 2. The van der Waals surface area contributed by atoms with E-state index in [0.29, 0.717) is 17.3 Å². The number of imide groups is 1. The number of nitrogens with zero attached hydrogens (tertiary/aromatic N) is 4. The topological polar surface area (TPSA) is 65.3 Å². The maximum Gasteiger partial charge on any atom is 0.263 e. The summed E-state index contributed by atoms with van der Waals surface area (Å²) in [5.74, 6) is -0.629. The van der Waals surface area contributed by atoms with Crippen molar-refractivity contribution in [3.8, 4) is 0 Å². The van der Waals surface area contributed by atoms with E-state index in [2.05, 4.69) is 10.3 Å². The highest BCUT2D eigenvalue weighted by atomic mass is 35.5. The molecular formula is C19H17ClN4O2. The summed E-state index contributed by atoms with van der Waals surface area (Å²) >= 11 is 6.02. The molecule has 2 aliphatic rings. The van der Waals surface area contributed by atoms with Gasteiger partial charge in [-0.15, -0.1) is 0 Å². The van der Waals surface area contributed by atoms with Crippen LogP contribution in [0.1, 0.15) is 16.7 Å². The SMILES string of the molecule is Cc1ccc(N2C(=O)C3N=NN(Cc4cccc(Cl)c4)C3C2=O)cc1C. The van der Waals surface area contributed by atoms with E-state index >= 15 is 0 Å². The van der Waals surface area contributed by atoms with Crippen molar-refractivity contribution in [2.75, 3.05) is 4.90 Å². The van der Waals surface area contributed by atoms with Crippen LogP contribution in [0.4, 0.5) is 5.69 Å². The normalized spacial score (nSPS) is 21.7. The van der Waals surface area contributed by atoms with E-state index in [9.17, 15) is 9.59 Å². The van der Waals surface area contributed by atoms with E-state index in [0.717, 1.165) is 16.7 Å². The Morgan fingerprint density at radius 2 is 1.85 bits per heavy atom. The summed E-state index contributed by atoms with van der Waals surface area (Å²) < 4.78 is 0. The molecule has 2 aliphatic heterocycles. The highest BCUT2D eigenvalue weighted by Crippen LogP contribution is 2.33. The molecular weight excluding hydrogens is 352 g/mol. The van der Waals surface area contributed by atoms with Gasteiger partial charge in [-0.2, -0.15) is 5.11 Å². The van der Waals surface area contributed by atoms with E-state index in [4.69, 9.17) is 11.6 Å². The maximum atomic E-state index is 13.0. The Labute approximate surface area is 156 Å². The van der Waals surface area contributed by atoms with Gasteiger partial charge in [0.15, 0.2) is 12.1 Å². The van der Waals surface area contributed by atoms with Crippen LogP contribution >= 0.6 is 11.6 Å². The highest BCUT2D eigenvalue weighted by Gasteiger charge is 2.54. The predicted octanol–water partition coefficient (Wildman–Crippen LogP) is 3.45. The fourth-order valence-corrected chi connectivity index (χ4v) is 3.51. The first-order valence-electron chi connectivity index (χ1n) is 8.32. The van der Waals surface area contributed by atoms with Crippen LogP contribution in [-0.4, -0.2) is 28.9 Å². The molecule has 2 aromatic rings. The fourth-order valence-electron chi connectivity index (χ4n) is 3.30. The molecule has 7 heteroatoms. The molecule has 0 radical (unpaired) electrons. The van der Waals surface area contributed by atoms with Gasteiger partial charge < -0.3 is 0 Å². The molecule has 0 N–H and O–H groups in total. The summed E-state index contributed by atoms with van der Waals surface area (Å²) in [6.07, 6.45) is 0. The third kappa shape index (κ3) is 2.66. The largest absolute Gasteiger partial charge is 0.271 e. The second-order valence-corrected chi connectivity index (χ2v) is 7.04. The fraction of sp³-hybridized carbons (Fsp3) is 0.263. The molecule has 26 heavy (non-hydrogen) atoms. The summed E-state index contributed by atoms with van der Waals surface area (Å²) in [6, 6.07) is 11.4. The van der Waals surface area contributed by atoms with Crippen LogP contribution in [0.25, 0.3) is 0 Å². The van der Waals surface area contributed by atoms with Crippen LogP contribution in [0.2, 0.25) is 5.02 Å². The average Bonchev–Trinajstić information content (AvgIpc) is 3.11. The van der Waals surface area contributed by atoms with Crippen molar-refractivity contribution in [1.29, 1.82) is 0 Å². The summed E-state index contributed by atoms with van der Waals surface area (Å²) in [5, 5.41) is 10.3. The van der Waals surface area contributed by atoms with Gasteiger partial charge in [0.1, 0.15) is 0 Å². The molecule has 2 unspecified atom stereocenters. The van der Waals surface area contributed by atoms with Crippen LogP contribution in [0.5, 0.6) is 0 Å². The lowest BCUT2D eigenvalue weighted by Crippen LogP contribution is -2.39. The van der Waals surface area contributed by atoms with Crippen molar-refractivity contribution in [3.05, 3.63) is 64.2 Å². The molecule has 1 fully saturated rings. The van der Waals surface area contributed by atoms with Crippen LogP contribution < -0.4 is 4.90 Å². The first-order valence-corrected chi connectivity index (χ1v) is 8.70. The van der Waals surface area contributed by atoms with Gasteiger partial charge in [-0.3, -0.25) is 14.6 Å². The Morgan fingerprint density at radius 1 is 1.04 bits per heavy atom. The number of hydrogen-bond acceptors (Lipinski definition) is 5. The van der Waals surface area contributed by atoms with Gasteiger partial charge in [0.2, 0.25) is 0 Å². The van der Waals surface area contributed by atoms with Crippen molar-refractivity contribution in [3.63, 3.8) is 0 Å². The van der Waals surface area contributed by atoms with Crippen LogP contribution in [0.15, 0.2) is 52.8 Å². The molecule has 2 atom stereocenters. The molecule has 6 nitrogen and oxygen atoms in total. The van der Waals surface area contributed by atoms with E-state index in [1.807, 2.05) is 44.2 Å². The standard InChI is InChI=1S/C19H17ClN4O2/c1-11-6-7-15(8-12(11)2)24-18(25)16-17(19(24)26)23(22-21-16)10-13-4-3-5-14(20)9-13/h3-9,16-17H,10H2,1-2H3. The Balaban J connectivity index is 1.62. The third-order valence-electron chi connectivity index (χ3n) is 4.84. The quantitative estimate of drug-likeness (QED) is 0.779. The lowest BCUT2D eigenvalue weighted by Gasteiger charge is -2.21. The number of carbonyl (C=O) groups excluding carboxylic acids is 2. The number of halogens is 1. The van der Waals surface area contributed by atoms with E-state index in [1.165, 1.54) is 4.90 Å². The van der Waals surface area contributed by atoms with Crippen molar-refractivity contribution in [2.24, 2.45) is 10.3 Å². The third-order valence-corrected chi connectivity index (χ3v) is 5.08. The first-order chi connectivity index (χ1) is 12.5. The Bertz CT molecular complexity index is 943. The highest BCUT2D eigenvalue weighted by molar-refractivity contribution is 6.30. The van der Waals surface area contributed by atoms with Gasteiger partial charge >= 0.3 is 0 Å². The smallest absolute Gasteiger partial charge is 0.263 e. The number of benzene rings is 2. The number of aryl methyl sites for hydroxylation is 2. The predicted molar refractivity (Wildman–Crippen MR) is 97.8 cm³/mol. The minimum Gasteiger partial charge on any atom is -0.271 e. The number of anilines is 1. The van der Waals surface area contributed by atoms with Crippen molar-refractivity contribution >= 4 is 29.1 Å². The van der Waals surface area contributed by atoms with Gasteiger partial charge in [-0.05, 0) is 54.8 Å². The molecule has 0 bridgehead atoms. The Hall–Kier alpha value is -2.73. The summed E-state index contributed by atoms with van der Waals surface area (Å²) in [5.41, 5.74) is 3.62. The second-order valence-electron chi connectivity index (χ2n) is 6.60. The zero-order valence-corrected chi connectivity index (χ0v) is 15.1. The molecule has 4 rings (SSSR count). The number of carbonyl (C=O) groups is 2. The molecule has 0 aromatic heterocycles. The second kappa shape index (κ2) is 6.21. The maximum absolute atomic E-state index is 13.0. The molecule has 1 saturated heterocycles. The minimum atomic E-state index is -0.789. The van der Waals surface area contributed by atoms with Crippen molar-refractivity contribution in [1.82, 2.24) is 5.01 Å². The Kier molecular flexibility index (Phi) is 4.00. The van der Waals surface area contributed by atoms with Crippen LogP contribution in [0, 0.1) is 13.8 Å². The van der Waals surface area contributed by atoms with Crippen molar-refractivity contribution < 1.29 is 9.59 Å². The van der Waals surface area contributed by atoms with Gasteiger partial charge in [-0.1, -0.05) is 35.0 Å². The molecule has 0 spiro atoms. The molecule has 2 aromatic carbocycles. The monoisotopic (exact) mass is 368 g/mol. The molecule has 2 amide bonds. The van der Waals surface area contributed by atoms with Gasteiger partial charge in [0.25, 0.3) is 11.8 Å². The average molecular weight is 369 g/mol. The molecule has 0 aliphatic carbocycles. The lowest BCUT2D eigenvalue weighted by molar-refractivity contribution is -0.123. The number of fused-ring (bicyclic) bond motifs is 1. The minimum absolute atomic E-state index is 0.296. The van der Waals surface area contributed by atoms with Crippen molar-refractivity contribution in [2.45, 2.75) is 32.5 Å². The molecule has 132 valence electrons. The molecule has 0 saturated carbocycles. The zero-order chi connectivity index (χ0) is 18.4. The van der Waals surface area contributed by atoms with Gasteiger partial charge in [0.05, 0.1) is 12.2 Å². The zero-order valence-electron chi connectivity index (χ0n) is 14.4. The van der Waals surface area contributed by atoms with E-state index < -0.39 is 12.1 Å². The van der Waals surface area contributed by atoms with Crippen LogP contribution in [-0.2, 0) is 16.1 Å².